The van der Waals surface area contributed by atoms with Crippen molar-refractivity contribution in [2.24, 2.45) is 0 Å². The molecule has 6 nitrogen and oxygen atoms in total. The van der Waals surface area contributed by atoms with Crippen LogP contribution in [0.1, 0.15) is 36.5 Å². The quantitative estimate of drug-likeness (QED) is 0.595. The molecule has 3 aromatic rings. The van der Waals surface area contributed by atoms with E-state index >= 15 is 0 Å². The molecule has 1 N–H and O–H groups in total. The number of fused-ring (bicyclic) bond motifs is 1. The van der Waals surface area contributed by atoms with Crippen LogP contribution in [-0.2, 0) is 11.3 Å². The van der Waals surface area contributed by atoms with E-state index in [1.165, 1.54) is 5.56 Å². The molecule has 0 bridgehead atoms. The normalized spacial score (nSPS) is 16.1. The standard InChI is InChI=1S/C26H30N2O4/c1-17-18(2)26(30)32-24-15-22(9-10-23(17)24)31-19(3)25(29)27-21-11-13-28(14-12-21)16-20-7-5-4-6-8-20/h4-10,15,19,21H,11-14,16H2,1-3H3,(H,27,29)/t19-/m0/s1. The fourth-order valence-corrected chi connectivity index (χ4v) is 4.15. The van der Waals surface area contributed by atoms with Crippen LogP contribution in [0.5, 0.6) is 5.75 Å². The van der Waals surface area contributed by atoms with E-state index in [1.54, 1.807) is 26.0 Å². The monoisotopic (exact) mass is 434 g/mol. The molecule has 1 amide bonds. The van der Waals surface area contributed by atoms with Crippen molar-refractivity contribution in [3.8, 4) is 5.75 Å². The highest BCUT2D eigenvalue weighted by Crippen LogP contribution is 2.24. The van der Waals surface area contributed by atoms with Crippen LogP contribution < -0.4 is 15.7 Å². The molecule has 0 spiro atoms. The molecule has 1 aromatic heterocycles. The average molecular weight is 435 g/mol. The molecule has 1 fully saturated rings. The third-order valence-corrected chi connectivity index (χ3v) is 6.29. The van der Waals surface area contributed by atoms with Crippen molar-refractivity contribution in [3.63, 3.8) is 0 Å². The van der Waals surface area contributed by atoms with Crippen molar-refractivity contribution in [3.05, 3.63) is 75.6 Å². The molecule has 2 aromatic carbocycles. The van der Waals surface area contributed by atoms with E-state index in [-0.39, 0.29) is 17.6 Å². The number of ether oxygens (including phenoxy) is 1. The second-order valence-corrected chi connectivity index (χ2v) is 8.60. The lowest BCUT2D eigenvalue weighted by atomic mass is 10.0. The molecule has 6 heteroatoms. The van der Waals surface area contributed by atoms with Gasteiger partial charge in [-0.25, -0.2) is 4.79 Å². The Hall–Kier alpha value is -3.12. The Morgan fingerprint density at radius 3 is 2.56 bits per heavy atom. The van der Waals surface area contributed by atoms with Gasteiger partial charge in [-0.05, 0) is 56.9 Å². The van der Waals surface area contributed by atoms with Crippen LogP contribution in [0.15, 0.2) is 57.7 Å². The van der Waals surface area contributed by atoms with Crippen molar-refractivity contribution >= 4 is 16.9 Å². The summed E-state index contributed by atoms with van der Waals surface area (Å²) in [6.07, 6.45) is 1.20. The van der Waals surface area contributed by atoms with Crippen LogP contribution >= 0.6 is 0 Å². The van der Waals surface area contributed by atoms with E-state index < -0.39 is 6.10 Å². The summed E-state index contributed by atoms with van der Waals surface area (Å²) >= 11 is 0. The third kappa shape index (κ3) is 5.02. The Kier molecular flexibility index (Phi) is 6.61. The number of hydrogen-bond donors (Lipinski definition) is 1. The second-order valence-electron chi connectivity index (χ2n) is 8.60. The second kappa shape index (κ2) is 9.57. The van der Waals surface area contributed by atoms with Gasteiger partial charge in [0.05, 0.1) is 0 Å². The van der Waals surface area contributed by atoms with Crippen molar-refractivity contribution in [1.82, 2.24) is 10.2 Å². The van der Waals surface area contributed by atoms with Crippen molar-refractivity contribution in [2.45, 2.75) is 52.3 Å². The maximum Gasteiger partial charge on any atom is 0.339 e. The summed E-state index contributed by atoms with van der Waals surface area (Å²) in [6.45, 7) is 8.24. The third-order valence-electron chi connectivity index (χ3n) is 6.29. The molecule has 0 aliphatic carbocycles. The lowest BCUT2D eigenvalue weighted by Gasteiger charge is -2.32. The maximum atomic E-state index is 12.7. The molecule has 0 unspecified atom stereocenters. The van der Waals surface area contributed by atoms with Gasteiger partial charge < -0.3 is 14.5 Å². The number of benzene rings is 2. The Balaban J connectivity index is 1.31. The number of amides is 1. The van der Waals surface area contributed by atoms with Gasteiger partial charge in [0.25, 0.3) is 5.91 Å². The lowest BCUT2D eigenvalue weighted by Crippen LogP contribution is -2.47. The summed E-state index contributed by atoms with van der Waals surface area (Å²) < 4.78 is 11.2. The van der Waals surface area contributed by atoms with Gasteiger partial charge in [-0.1, -0.05) is 30.3 Å². The molecule has 4 rings (SSSR count). The van der Waals surface area contributed by atoms with Gasteiger partial charge >= 0.3 is 5.63 Å². The minimum absolute atomic E-state index is 0.131. The van der Waals surface area contributed by atoms with Crippen LogP contribution in [0, 0.1) is 13.8 Å². The molecular weight excluding hydrogens is 404 g/mol. The van der Waals surface area contributed by atoms with Crippen molar-refractivity contribution in [2.75, 3.05) is 13.1 Å². The molecule has 2 heterocycles. The Bertz CT molecular complexity index is 1150. The summed E-state index contributed by atoms with van der Waals surface area (Å²) in [5.74, 6) is 0.373. The first kappa shape index (κ1) is 22.1. The van der Waals surface area contributed by atoms with Crippen LogP contribution in [0.2, 0.25) is 0 Å². The first-order valence-corrected chi connectivity index (χ1v) is 11.2. The molecule has 1 saturated heterocycles. The first-order valence-electron chi connectivity index (χ1n) is 11.2. The van der Waals surface area contributed by atoms with Crippen LogP contribution in [0.25, 0.3) is 11.0 Å². The highest BCUT2D eigenvalue weighted by molar-refractivity contribution is 5.83. The Morgan fingerprint density at radius 2 is 1.84 bits per heavy atom. The Morgan fingerprint density at radius 1 is 1.12 bits per heavy atom. The van der Waals surface area contributed by atoms with Gasteiger partial charge in [-0.2, -0.15) is 0 Å². The molecule has 168 valence electrons. The van der Waals surface area contributed by atoms with Gasteiger partial charge in [0, 0.05) is 42.7 Å². The minimum atomic E-state index is -0.645. The number of nitrogens with zero attached hydrogens (tertiary/aromatic N) is 1. The SMILES string of the molecule is Cc1c(C)c2ccc(O[C@@H](C)C(=O)NC3CCN(Cc4ccccc4)CC3)cc2oc1=O. The van der Waals surface area contributed by atoms with E-state index in [0.717, 1.165) is 43.4 Å². The van der Waals surface area contributed by atoms with Crippen LogP contribution in [0.4, 0.5) is 0 Å². The summed E-state index contributed by atoms with van der Waals surface area (Å²) in [6, 6.07) is 16.0. The number of rotatable bonds is 6. The van der Waals surface area contributed by atoms with E-state index in [0.29, 0.717) is 16.9 Å². The molecule has 1 atom stereocenters. The van der Waals surface area contributed by atoms with Crippen LogP contribution in [-0.4, -0.2) is 36.0 Å². The van der Waals surface area contributed by atoms with Crippen LogP contribution in [0.3, 0.4) is 0 Å². The summed E-state index contributed by atoms with van der Waals surface area (Å²) in [7, 11) is 0. The highest BCUT2D eigenvalue weighted by Gasteiger charge is 2.24. The fraction of sp³-hybridized carbons (Fsp3) is 0.385. The van der Waals surface area contributed by atoms with Crippen molar-refractivity contribution in [1.29, 1.82) is 0 Å². The smallest absolute Gasteiger partial charge is 0.339 e. The molecule has 1 aliphatic heterocycles. The topological polar surface area (TPSA) is 71.8 Å². The van der Waals surface area contributed by atoms with Gasteiger partial charge in [0.15, 0.2) is 6.10 Å². The summed E-state index contributed by atoms with van der Waals surface area (Å²) in [5.41, 5.74) is 2.93. The maximum absolute atomic E-state index is 12.7. The van der Waals surface area contributed by atoms with Gasteiger partial charge in [-0.15, -0.1) is 0 Å². The number of piperidine rings is 1. The number of likely N-dealkylation sites (tertiary alicyclic amines) is 1. The fourth-order valence-electron chi connectivity index (χ4n) is 4.15. The average Bonchev–Trinajstić information content (AvgIpc) is 2.79. The number of hydrogen-bond acceptors (Lipinski definition) is 5. The molecular formula is C26H30N2O4. The Labute approximate surface area is 188 Å². The predicted octanol–water partition coefficient (Wildman–Crippen LogP) is 3.96. The van der Waals surface area contributed by atoms with Crippen molar-refractivity contribution < 1.29 is 13.9 Å². The first-order chi connectivity index (χ1) is 15.4. The van der Waals surface area contributed by atoms with Gasteiger partial charge in [-0.3, -0.25) is 9.69 Å². The van der Waals surface area contributed by atoms with E-state index in [2.05, 4.69) is 34.5 Å². The zero-order valence-electron chi connectivity index (χ0n) is 18.9. The summed E-state index contributed by atoms with van der Waals surface area (Å²) in [4.78, 5) is 27.1. The van der Waals surface area contributed by atoms with Gasteiger partial charge in [0.2, 0.25) is 0 Å². The molecule has 1 aliphatic rings. The number of carbonyl (C=O) groups excluding carboxylic acids is 1. The number of nitrogens with one attached hydrogen (secondary N) is 1. The highest BCUT2D eigenvalue weighted by atomic mass is 16.5. The number of carbonyl (C=O) groups is 1. The zero-order valence-corrected chi connectivity index (χ0v) is 18.9. The number of aryl methyl sites for hydroxylation is 1. The van der Waals surface area contributed by atoms with Gasteiger partial charge in [0.1, 0.15) is 11.3 Å². The predicted molar refractivity (Wildman–Crippen MR) is 125 cm³/mol. The zero-order chi connectivity index (χ0) is 22.7. The largest absolute Gasteiger partial charge is 0.481 e. The lowest BCUT2D eigenvalue weighted by molar-refractivity contribution is -0.128. The van der Waals surface area contributed by atoms with E-state index in [4.69, 9.17) is 9.15 Å². The molecule has 32 heavy (non-hydrogen) atoms. The van der Waals surface area contributed by atoms with E-state index in [1.807, 2.05) is 19.1 Å². The minimum Gasteiger partial charge on any atom is -0.481 e. The van der Waals surface area contributed by atoms with E-state index in [9.17, 15) is 9.59 Å². The summed E-state index contributed by atoms with van der Waals surface area (Å²) in [5, 5.41) is 3.99. The molecule has 0 saturated carbocycles. The molecule has 0 radical (unpaired) electrons.